The third-order valence-corrected chi connectivity index (χ3v) is 5.01. The molecule has 6 heteroatoms. The van der Waals surface area contributed by atoms with Crippen LogP contribution in [0.25, 0.3) is 4.48 Å². The highest BCUT2D eigenvalue weighted by Gasteiger charge is 2.11. The van der Waals surface area contributed by atoms with Crippen molar-refractivity contribution >= 4 is 48.2 Å². The van der Waals surface area contributed by atoms with Crippen LogP contribution in [-0.4, -0.2) is 30.4 Å². The molecule has 2 aromatic carbocycles. The molecule has 27 heavy (non-hydrogen) atoms. The maximum atomic E-state index is 12.5. The topological polar surface area (TPSA) is 46.6 Å². The van der Waals surface area contributed by atoms with E-state index in [1.807, 2.05) is 60.7 Å². The van der Waals surface area contributed by atoms with Gasteiger partial charge in [0.05, 0.1) is 7.11 Å². The summed E-state index contributed by atoms with van der Waals surface area (Å²) in [6, 6.07) is 17.6. The maximum absolute atomic E-state index is 12.5. The molecule has 1 amide bonds. The molecule has 0 bridgehead atoms. The van der Waals surface area contributed by atoms with Crippen LogP contribution in [0.15, 0.2) is 77.3 Å². The fourth-order valence-corrected chi connectivity index (χ4v) is 2.94. The van der Waals surface area contributed by atoms with Crippen LogP contribution in [0.3, 0.4) is 0 Å². The van der Waals surface area contributed by atoms with Gasteiger partial charge in [0.15, 0.2) is 0 Å². The van der Waals surface area contributed by atoms with E-state index in [-0.39, 0.29) is 5.91 Å². The van der Waals surface area contributed by atoms with Gasteiger partial charge in [-0.15, -0.1) is 0 Å². The number of benzene rings is 2. The normalized spacial score (nSPS) is 11.4. The Balaban J connectivity index is 2.16. The van der Waals surface area contributed by atoms with Gasteiger partial charge in [0, 0.05) is 34.2 Å². The summed E-state index contributed by atoms with van der Waals surface area (Å²) in [7, 11) is 1.27. The molecule has 0 saturated heterocycles. The van der Waals surface area contributed by atoms with Crippen molar-refractivity contribution in [2.45, 2.75) is 6.54 Å². The van der Waals surface area contributed by atoms with E-state index < -0.39 is 5.97 Å². The number of methoxy groups -OCH3 is 1. The summed E-state index contributed by atoms with van der Waals surface area (Å²) in [5.74, 6) is -0.828. The van der Waals surface area contributed by atoms with E-state index in [4.69, 9.17) is 0 Å². The molecule has 0 saturated carbocycles. The molecular formula is C21H19Br2NO3. The second-order valence-electron chi connectivity index (χ2n) is 5.62. The van der Waals surface area contributed by atoms with Crippen molar-refractivity contribution in [3.05, 3.63) is 88.4 Å². The van der Waals surface area contributed by atoms with Gasteiger partial charge in [-0.2, -0.15) is 0 Å². The molecule has 0 unspecified atom stereocenters. The Morgan fingerprint density at radius 2 is 1.70 bits per heavy atom. The SMILES string of the molecule is COC(=O)/C=C/C(=O)N(C/C=C(\Br)c1ccc(Br)cc1)Cc1ccccc1. The van der Waals surface area contributed by atoms with E-state index >= 15 is 0 Å². The molecule has 2 rings (SSSR count). The highest BCUT2D eigenvalue weighted by molar-refractivity contribution is 9.15. The van der Waals surface area contributed by atoms with Crippen LogP contribution in [0.5, 0.6) is 0 Å². The van der Waals surface area contributed by atoms with Crippen LogP contribution in [-0.2, 0) is 20.9 Å². The van der Waals surface area contributed by atoms with Crippen molar-refractivity contribution in [2.24, 2.45) is 0 Å². The number of hydrogen-bond acceptors (Lipinski definition) is 3. The number of nitrogens with zero attached hydrogens (tertiary/aromatic N) is 1. The van der Waals surface area contributed by atoms with Gasteiger partial charge in [0.2, 0.25) is 5.91 Å². The zero-order valence-corrected chi connectivity index (χ0v) is 17.9. The number of hydrogen-bond donors (Lipinski definition) is 0. The van der Waals surface area contributed by atoms with Crippen LogP contribution >= 0.6 is 31.9 Å². The second-order valence-corrected chi connectivity index (χ2v) is 7.39. The summed E-state index contributed by atoms with van der Waals surface area (Å²) in [4.78, 5) is 25.5. The molecule has 0 N–H and O–H groups in total. The number of amides is 1. The lowest BCUT2D eigenvalue weighted by Gasteiger charge is -2.20. The fraction of sp³-hybridized carbons (Fsp3) is 0.143. The van der Waals surface area contributed by atoms with Crippen LogP contribution in [0, 0.1) is 0 Å². The number of halogens is 2. The number of carbonyl (C=O) groups is 2. The van der Waals surface area contributed by atoms with Gasteiger partial charge < -0.3 is 9.64 Å². The van der Waals surface area contributed by atoms with E-state index in [0.717, 1.165) is 26.2 Å². The van der Waals surface area contributed by atoms with Crippen LogP contribution in [0.4, 0.5) is 0 Å². The number of carbonyl (C=O) groups excluding carboxylic acids is 2. The van der Waals surface area contributed by atoms with Gasteiger partial charge in [-0.1, -0.05) is 80.4 Å². The van der Waals surface area contributed by atoms with Gasteiger partial charge in [-0.3, -0.25) is 4.79 Å². The van der Waals surface area contributed by atoms with E-state index in [2.05, 4.69) is 36.6 Å². The van der Waals surface area contributed by atoms with Crippen molar-refractivity contribution in [3.8, 4) is 0 Å². The second kappa shape index (κ2) is 10.8. The molecular weight excluding hydrogens is 474 g/mol. The Morgan fingerprint density at radius 1 is 1.04 bits per heavy atom. The Morgan fingerprint density at radius 3 is 2.33 bits per heavy atom. The minimum Gasteiger partial charge on any atom is -0.466 e. The Labute approximate surface area is 175 Å². The van der Waals surface area contributed by atoms with E-state index in [9.17, 15) is 9.59 Å². The van der Waals surface area contributed by atoms with Crippen molar-refractivity contribution in [1.29, 1.82) is 0 Å². The summed E-state index contributed by atoms with van der Waals surface area (Å²) in [5.41, 5.74) is 2.01. The molecule has 0 aliphatic rings. The lowest BCUT2D eigenvalue weighted by molar-refractivity contribution is -0.135. The average Bonchev–Trinajstić information content (AvgIpc) is 2.70. The van der Waals surface area contributed by atoms with E-state index in [1.54, 1.807) is 4.90 Å². The van der Waals surface area contributed by atoms with Gasteiger partial charge in [-0.25, -0.2) is 4.79 Å². The summed E-state index contributed by atoms with van der Waals surface area (Å²) >= 11 is 6.98. The quantitative estimate of drug-likeness (QED) is 0.406. The smallest absolute Gasteiger partial charge is 0.330 e. The molecule has 0 spiro atoms. The molecule has 0 atom stereocenters. The fourth-order valence-electron chi connectivity index (χ4n) is 2.27. The molecule has 0 radical (unpaired) electrons. The molecule has 0 fully saturated rings. The highest BCUT2D eigenvalue weighted by atomic mass is 79.9. The van der Waals surface area contributed by atoms with Crippen LogP contribution in [0.1, 0.15) is 11.1 Å². The Bertz CT molecular complexity index is 830. The van der Waals surface area contributed by atoms with Gasteiger partial charge in [0.25, 0.3) is 0 Å². The minimum absolute atomic E-state index is 0.267. The summed E-state index contributed by atoms with van der Waals surface area (Å²) < 4.78 is 6.43. The van der Waals surface area contributed by atoms with Gasteiger partial charge in [-0.05, 0) is 23.3 Å². The molecule has 0 aliphatic carbocycles. The molecule has 0 heterocycles. The highest BCUT2D eigenvalue weighted by Crippen LogP contribution is 2.23. The van der Waals surface area contributed by atoms with E-state index in [0.29, 0.717) is 13.1 Å². The lowest BCUT2D eigenvalue weighted by atomic mass is 10.2. The van der Waals surface area contributed by atoms with Crippen molar-refractivity contribution in [3.63, 3.8) is 0 Å². The standard InChI is InChI=1S/C21H19Br2NO3/c1-27-21(26)12-11-20(25)24(15-16-5-3-2-4-6-16)14-13-19(23)17-7-9-18(22)10-8-17/h2-13H,14-15H2,1H3/b12-11+,19-13-. The minimum atomic E-state index is -0.561. The molecule has 2 aromatic rings. The molecule has 140 valence electrons. The average molecular weight is 493 g/mol. The van der Waals surface area contributed by atoms with Crippen molar-refractivity contribution in [1.82, 2.24) is 4.90 Å². The third kappa shape index (κ3) is 7.15. The van der Waals surface area contributed by atoms with Crippen LogP contribution < -0.4 is 0 Å². The first kappa shape index (κ1) is 21.1. The molecule has 4 nitrogen and oxygen atoms in total. The van der Waals surface area contributed by atoms with E-state index in [1.165, 1.54) is 13.2 Å². The number of rotatable bonds is 7. The zero-order chi connectivity index (χ0) is 19.6. The first-order valence-electron chi connectivity index (χ1n) is 8.20. The van der Waals surface area contributed by atoms with Gasteiger partial charge >= 0.3 is 5.97 Å². The first-order chi connectivity index (χ1) is 13.0. The number of esters is 1. The van der Waals surface area contributed by atoms with Crippen molar-refractivity contribution in [2.75, 3.05) is 13.7 Å². The number of ether oxygens (including phenoxy) is 1. The third-order valence-electron chi connectivity index (χ3n) is 3.70. The zero-order valence-electron chi connectivity index (χ0n) is 14.8. The molecule has 0 aromatic heterocycles. The summed E-state index contributed by atoms with van der Waals surface area (Å²) in [6.07, 6.45) is 4.29. The Kier molecular flexibility index (Phi) is 8.48. The predicted molar refractivity (Wildman–Crippen MR) is 114 cm³/mol. The first-order valence-corrected chi connectivity index (χ1v) is 9.78. The van der Waals surface area contributed by atoms with Gasteiger partial charge in [0.1, 0.15) is 0 Å². The predicted octanol–water partition coefficient (Wildman–Crippen LogP) is 4.94. The summed E-state index contributed by atoms with van der Waals surface area (Å²) in [6.45, 7) is 0.818. The maximum Gasteiger partial charge on any atom is 0.330 e. The summed E-state index contributed by atoms with van der Waals surface area (Å²) in [5, 5.41) is 0. The molecule has 0 aliphatic heterocycles. The largest absolute Gasteiger partial charge is 0.466 e. The van der Waals surface area contributed by atoms with Crippen molar-refractivity contribution < 1.29 is 14.3 Å². The Hall–Kier alpha value is -2.18. The van der Waals surface area contributed by atoms with Crippen LogP contribution in [0.2, 0.25) is 0 Å². The monoisotopic (exact) mass is 491 g/mol. The lowest BCUT2D eigenvalue weighted by Crippen LogP contribution is -2.29.